The van der Waals surface area contributed by atoms with Gasteiger partial charge in [-0.15, -0.1) is 0 Å². The van der Waals surface area contributed by atoms with Crippen LogP contribution in [0.4, 0.5) is 0 Å². The van der Waals surface area contributed by atoms with Gasteiger partial charge in [-0.25, -0.2) is 4.79 Å². The van der Waals surface area contributed by atoms with Gasteiger partial charge in [0, 0.05) is 12.0 Å². The number of benzene rings is 2. The van der Waals surface area contributed by atoms with Gasteiger partial charge in [-0.1, -0.05) is 44.2 Å². The Morgan fingerprint density at radius 1 is 1.00 bits per heavy atom. The minimum atomic E-state index is -0.739. The summed E-state index contributed by atoms with van der Waals surface area (Å²) in [6.07, 6.45) is 0.376. The predicted molar refractivity (Wildman–Crippen MR) is 105 cm³/mol. The number of rotatable bonds is 9. The molecule has 0 spiro atoms. The van der Waals surface area contributed by atoms with E-state index in [9.17, 15) is 9.59 Å². The molecule has 0 fully saturated rings. The lowest BCUT2D eigenvalue weighted by Gasteiger charge is -2.17. The van der Waals surface area contributed by atoms with Crippen molar-refractivity contribution in [3.63, 3.8) is 0 Å². The molecule has 0 bridgehead atoms. The van der Waals surface area contributed by atoms with E-state index in [4.69, 9.17) is 9.47 Å². The second-order valence-electron chi connectivity index (χ2n) is 6.70. The molecule has 0 aliphatic rings. The van der Waals surface area contributed by atoms with Crippen LogP contribution in [0, 0.1) is 5.92 Å². The third kappa shape index (κ3) is 6.77. The summed E-state index contributed by atoms with van der Waals surface area (Å²) in [5.41, 5.74) is 1.42. The summed E-state index contributed by atoms with van der Waals surface area (Å²) in [6.45, 7) is 6.78. The van der Waals surface area contributed by atoms with E-state index in [1.54, 1.807) is 31.2 Å². The van der Waals surface area contributed by atoms with Crippen LogP contribution < -0.4 is 10.1 Å². The molecule has 0 aliphatic carbocycles. The van der Waals surface area contributed by atoms with Gasteiger partial charge in [0.05, 0.1) is 13.2 Å². The number of carbonyl (C=O) groups is 2. The Labute approximate surface area is 160 Å². The second-order valence-corrected chi connectivity index (χ2v) is 6.70. The van der Waals surface area contributed by atoms with Crippen LogP contribution in [-0.4, -0.2) is 31.1 Å². The molecule has 1 unspecified atom stereocenters. The van der Waals surface area contributed by atoms with E-state index < -0.39 is 12.0 Å². The number of hydrogen-bond donors (Lipinski definition) is 1. The van der Waals surface area contributed by atoms with E-state index >= 15 is 0 Å². The molecule has 0 heterocycles. The predicted octanol–water partition coefficient (Wildman–Crippen LogP) is 3.63. The highest BCUT2D eigenvalue weighted by Gasteiger charge is 2.23. The molecular formula is C22H27NO4. The van der Waals surface area contributed by atoms with E-state index in [1.165, 1.54) is 0 Å². The Balaban J connectivity index is 2.04. The first-order valence-corrected chi connectivity index (χ1v) is 9.24. The van der Waals surface area contributed by atoms with Gasteiger partial charge < -0.3 is 14.8 Å². The molecule has 0 saturated carbocycles. The highest BCUT2D eigenvalue weighted by molar-refractivity contribution is 5.96. The van der Waals surface area contributed by atoms with Crippen molar-refractivity contribution in [1.29, 1.82) is 0 Å². The van der Waals surface area contributed by atoms with Gasteiger partial charge in [-0.2, -0.15) is 0 Å². The quantitative estimate of drug-likeness (QED) is 0.686. The third-order valence-corrected chi connectivity index (χ3v) is 3.86. The van der Waals surface area contributed by atoms with Crippen LogP contribution in [-0.2, 0) is 16.0 Å². The zero-order valence-electron chi connectivity index (χ0n) is 16.1. The maximum atomic E-state index is 12.6. The highest BCUT2D eigenvalue weighted by atomic mass is 16.5. The lowest BCUT2D eigenvalue weighted by Crippen LogP contribution is -2.43. The van der Waals surface area contributed by atoms with Crippen LogP contribution in [0.5, 0.6) is 5.75 Å². The van der Waals surface area contributed by atoms with Crippen LogP contribution in [0.25, 0.3) is 0 Å². The number of ether oxygens (including phenoxy) is 2. The summed E-state index contributed by atoms with van der Waals surface area (Å²) in [6, 6.07) is 15.7. The number of esters is 1. The molecule has 0 aliphatic heterocycles. The minimum Gasteiger partial charge on any atom is -0.493 e. The van der Waals surface area contributed by atoms with Crippen molar-refractivity contribution < 1.29 is 19.1 Å². The van der Waals surface area contributed by atoms with Gasteiger partial charge in [0.1, 0.15) is 11.8 Å². The molecule has 0 radical (unpaired) electrons. The van der Waals surface area contributed by atoms with Crippen molar-refractivity contribution in [2.24, 2.45) is 5.92 Å². The van der Waals surface area contributed by atoms with E-state index in [2.05, 4.69) is 19.2 Å². The fourth-order valence-corrected chi connectivity index (χ4v) is 2.49. The topological polar surface area (TPSA) is 64.6 Å². The SMILES string of the molecule is CCOC(=O)C(Cc1ccccc1)NC(=O)c1ccc(OCC(C)C)cc1. The molecule has 1 atom stereocenters. The zero-order chi connectivity index (χ0) is 19.6. The first-order valence-electron chi connectivity index (χ1n) is 9.24. The maximum absolute atomic E-state index is 12.6. The average Bonchev–Trinajstić information content (AvgIpc) is 2.67. The van der Waals surface area contributed by atoms with Gasteiger partial charge in [-0.05, 0) is 42.7 Å². The molecule has 2 aromatic carbocycles. The number of nitrogens with one attached hydrogen (secondary N) is 1. The maximum Gasteiger partial charge on any atom is 0.328 e. The minimum absolute atomic E-state index is 0.266. The average molecular weight is 369 g/mol. The van der Waals surface area contributed by atoms with Crippen molar-refractivity contribution in [3.8, 4) is 5.75 Å². The molecule has 1 N–H and O–H groups in total. The number of hydrogen-bond acceptors (Lipinski definition) is 4. The monoisotopic (exact) mass is 369 g/mol. The fraction of sp³-hybridized carbons (Fsp3) is 0.364. The summed E-state index contributed by atoms with van der Waals surface area (Å²) >= 11 is 0. The molecule has 0 saturated heterocycles. The van der Waals surface area contributed by atoms with E-state index in [0.717, 1.165) is 5.56 Å². The van der Waals surface area contributed by atoms with Crippen LogP contribution in [0.3, 0.4) is 0 Å². The Morgan fingerprint density at radius 3 is 2.26 bits per heavy atom. The summed E-state index contributed by atoms with van der Waals surface area (Å²) < 4.78 is 10.7. The van der Waals surface area contributed by atoms with Crippen molar-refractivity contribution in [3.05, 3.63) is 65.7 Å². The first kappa shape index (κ1) is 20.5. The van der Waals surface area contributed by atoms with E-state index in [1.807, 2.05) is 30.3 Å². The van der Waals surface area contributed by atoms with Gasteiger partial charge in [0.15, 0.2) is 0 Å². The van der Waals surface area contributed by atoms with Gasteiger partial charge >= 0.3 is 5.97 Å². The second kappa shape index (κ2) is 10.4. The smallest absolute Gasteiger partial charge is 0.328 e. The Morgan fingerprint density at radius 2 is 1.67 bits per heavy atom. The van der Waals surface area contributed by atoms with Crippen LogP contribution in [0.15, 0.2) is 54.6 Å². The van der Waals surface area contributed by atoms with Crippen molar-refractivity contribution in [2.45, 2.75) is 33.2 Å². The standard InChI is InChI=1S/C22H27NO4/c1-4-26-22(25)20(14-17-8-6-5-7-9-17)23-21(24)18-10-12-19(13-11-18)27-15-16(2)3/h5-13,16,20H,4,14-15H2,1-3H3,(H,23,24). The molecule has 27 heavy (non-hydrogen) atoms. The molecule has 144 valence electrons. The fourth-order valence-electron chi connectivity index (χ4n) is 2.49. The van der Waals surface area contributed by atoms with E-state index in [0.29, 0.717) is 30.3 Å². The Kier molecular flexibility index (Phi) is 7.86. The largest absolute Gasteiger partial charge is 0.493 e. The molecule has 0 aromatic heterocycles. The normalized spacial score (nSPS) is 11.7. The van der Waals surface area contributed by atoms with Gasteiger partial charge in [0.2, 0.25) is 0 Å². The molecule has 2 aromatic rings. The lowest BCUT2D eigenvalue weighted by molar-refractivity contribution is -0.145. The molecule has 2 rings (SSSR count). The van der Waals surface area contributed by atoms with Crippen molar-refractivity contribution in [1.82, 2.24) is 5.32 Å². The molecule has 1 amide bonds. The van der Waals surface area contributed by atoms with Gasteiger partial charge in [0.25, 0.3) is 5.91 Å². The summed E-state index contributed by atoms with van der Waals surface area (Å²) in [5.74, 6) is 0.383. The first-order chi connectivity index (χ1) is 13.0. The summed E-state index contributed by atoms with van der Waals surface area (Å²) in [5, 5.41) is 2.78. The lowest BCUT2D eigenvalue weighted by atomic mass is 10.1. The zero-order valence-corrected chi connectivity index (χ0v) is 16.1. The van der Waals surface area contributed by atoms with Crippen molar-refractivity contribution >= 4 is 11.9 Å². The van der Waals surface area contributed by atoms with Crippen LogP contribution >= 0.6 is 0 Å². The molecule has 5 nitrogen and oxygen atoms in total. The summed E-state index contributed by atoms with van der Waals surface area (Å²) in [7, 11) is 0. The van der Waals surface area contributed by atoms with Gasteiger partial charge in [-0.3, -0.25) is 4.79 Å². The molecule has 5 heteroatoms. The van der Waals surface area contributed by atoms with Crippen LogP contribution in [0.2, 0.25) is 0 Å². The number of amides is 1. The Bertz CT molecular complexity index is 726. The van der Waals surface area contributed by atoms with Crippen LogP contribution in [0.1, 0.15) is 36.7 Å². The van der Waals surface area contributed by atoms with Crippen molar-refractivity contribution in [2.75, 3.05) is 13.2 Å². The summed E-state index contributed by atoms with van der Waals surface area (Å²) in [4.78, 5) is 24.8. The Hall–Kier alpha value is -2.82. The third-order valence-electron chi connectivity index (χ3n) is 3.86. The highest BCUT2D eigenvalue weighted by Crippen LogP contribution is 2.14. The van der Waals surface area contributed by atoms with E-state index in [-0.39, 0.29) is 12.5 Å². The number of carbonyl (C=O) groups excluding carboxylic acids is 2. The molecular weight excluding hydrogens is 342 g/mol.